The summed E-state index contributed by atoms with van der Waals surface area (Å²) in [6, 6.07) is 106. The molecule has 0 atom stereocenters. The van der Waals surface area contributed by atoms with Crippen LogP contribution in [-0.2, 0) is 10.8 Å². The van der Waals surface area contributed by atoms with Gasteiger partial charge in [-0.25, -0.2) is 0 Å². The molecule has 0 amide bonds. The minimum atomic E-state index is -2.97. The third kappa shape index (κ3) is 8.42. The monoisotopic (exact) mass is 1290 g/mol. The minimum absolute atomic E-state index is 0.0108. The Balaban J connectivity index is 0.838. The summed E-state index contributed by atoms with van der Waals surface area (Å²) in [4.78, 5) is 5.25. The van der Waals surface area contributed by atoms with Crippen LogP contribution in [-0.4, -0.2) is 23.9 Å². The average molecular weight is 1290 g/mol. The lowest BCUT2D eigenvalue weighted by Crippen LogP contribution is -2.74. The molecule has 0 fully saturated rings. The average Bonchev–Trinajstić information content (AvgIpc) is 1.38. The van der Waals surface area contributed by atoms with Gasteiger partial charge in [0.2, 0.25) is 6.71 Å². The molecular weight excluding hydrogens is 1230 g/mol. The van der Waals surface area contributed by atoms with Gasteiger partial charge in [0.15, 0.2) is 8.07 Å². The first-order chi connectivity index (χ1) is 45.8. The van der Waals surface area contributed by atoms with Crippen molar-refractivity contribution < 1.29 is 0 Å². The van der Waals surface area contributed by atoms with Crippen LogP contribution >= 0.6 is 46.2 Å². The van der Waals surface area contributed by atoms with Crippen molar-refractivity contribution in [3.05, 3.63) is 284 Å². The van der Waals surface area contributed by atoms with Crippen LogP contribution in [0.5, 0.6) is 0 Å². The van der Waals surface area contributed by atoms with Crippen molar-refractivity contribution in [2.75, 3.05) is 0 Å². The molecule has 0 aliphatic carbocycles. The Morgan fingerprint density at radius 3 is 1.32 bits per heavy atom. The lowest BCUT2D eigenvalue weighted by Gasteiger charge is -2.35. The van der Waals surface area contributed by atoms with Crippen LogP contribution in [0.1, 0.15) is 52.7 Å². The van der Waals surface area contributed by atoms with E-state index in [9.17, 15) is 0 Å². The summed E-state index contributed by atoms with van der Waals surface area (Å²) in [7, 11) is -2.97. The molecule has 8 heteroatoms. The standard InChI is InChI=1S/C86H63BN2S4Si/c1-85(2,3)54-35-41-71-64(47-54)65-48-55(86(4,5)6)36-42-72(65)89(71)57-38-40-68-76(50-57)92-79-46-53(45-78-83(79)87(68)67-39-37-56(49-75(67)91-78)88-69-31-19-16-28-61(69)62-29-17-20-32-70(62)88)52-34-43-74-66(44-52)82-81-63-30-18-21-33-73(63)90-77(81)51-80(84(82)93-74)94(58-22-10-7-11-23-58,59-24-12-8-13-25-59)60-26-14-9-15-27-60/h7-51H,1-6H3. The summed E-state index contributed by atoms with van der Waals surface area (Å²) < 4.78 is 10.4. The molecule has 17 aromatic rings. The van der Waals surface area contributed by atoms with Gasteiger partial charge in [0.05, 0.1) is 22.1 Å². The summed E-state index contributed by atoms with van der Waals surface area (Å²) in [6.07, 6.45) is 0. The molecule has 0 saturated carbocycles. The van der Waals surface area contributed by atoms with E-state index in [1.807, 2.05) is 46.2 Å². The van der Waals surface area contributed by atoms with Crippen molar-refractivity contribution in [3.63, 3.8) is 0 Å². The number of hydrogen-bond donors (Lipinski definition) is 0. The molecule has 19 rings (SSSR count). The lowest BCUT2D eigenvalue weighted by atomic mass is 9.36. The highest BCUT2D eigenvalue weighted by Gasteiger charge is 2.44. The topological polar surface area (TPSA) is 9.86 Å². The molecule has 94 heavy (non-hydrogen) atoms. The zero-order chi connectivity index (χ0) is 62.9. The number of benzene rings is 13. The van der Waals surface area contributed by atoms with Gasteiger partial charge < -0.3 is 9.13 Å². The number of hydrogen-bond acceptors (Lipinski definition) is 4. The van der Waals surface area contributed by atoms with Crippen molar-refractivity contribution in [1.29, 1.82) is 0 Å². The van der Waals surface area contributed by atoms with Crippen molar-refractivity contribution in [1.82, 2.24) is 9.13 Å². The van der Waals surface area contributed by atoms with Crippen LogP contribution in [0.2, 0.25) is 0 Å². The van der Waals surface area contributed by atoms with Crippen LogP contribution in [0, 0.1) is 0 Å². The number of aromatic nitrogens is 2. The Kier molecular flexibility index (Phi) is 12.6. The molecule has 2 aliphatic heterocycles. The van der Waals surface area contributed by atoms with E-state index in [2.05, 4.69) is 324 Å². The van der Waals surface area contributed by atoms with E-state index in [-0.39, 0.29) is 17.5 Å². The second-order valence-corrected chi connectivity index (χ2v) is 36.0. The van der Waals surface area contributed by atoms with E-state index < -0.39 is 8.07 Å². The molecule has 0 spiro atoms. The van der Waals surface area contributed by atoms with Crippen LogP contribution in [0.4, 0.5) is 0 Å². The molecule has 0 unspecified atom stereocenters. The van der Waals surface area contributed by atoms with E-state index in [1.54, 1.807) is 0 Å². The second kappa shape index (κ2) is 20.9. The number of thiophene rings is 2. The van der Waals surface area contributed by atoms with Gasteiger partial charge in [0.1, 0.15) is 0 Å². The number of fused-ring (bicyclic) bond motifs is 17. The van der Waals surface area contributed by atoms with Crippen molar-refractivity contribution in [2.24, 2.45) is 0 Å². The third-order valence-electron chi connectivity index (χ3n) is 20.5. The van der Waals surface area contributed by atoms with Gasteiger partial charge in [0.25, 0.3) is 0 Å². The van der Waals surface area contributed by atoms with Gasteiger partial charge in [-0.2, -0.15) is 0 Å². The zero-order valence-corrected chi connectivity index (χ0v) is 57.4. The molecule has 4 aromatic heterocycles. The first kappa shape index (κ1) is 56.4. The SMILES string of the molecule is CC(C)(C)c1ccc2c(c1)c1cc(C(C)(C)C)ccc1n2-c1ccc2c(c1)Sc1cc(-c3ccc4sc5c([Si](c6ccccc6)(c6ccccc6)c6ccccc6)cc6sc7ccccc7c6c5c4c3)cc3c1B2c1ccc(-n2c4ccccc4c4ccccc42)cc1S3. The molecule has 2 nitrogen and oxygen atoms in total. The summed E-state index contributed by atoms with van der Waals surface area (Å²) in [5.41, 5.74) is 16.6. The molecule has 13 aromatic carbocycles. The van der Waals surface area contributed by atoms with Crippen molar-refractivity contribution >= 4 is 182 Å². The Morgan fingerprint density at radius 1 is 0.330 bits per heavy atom. The van der Waals surface area contributed by atoms with Crippen LogP contribution in [0.15, 0.2) is 293 Å². The van der Waals surface area contributed by atoms with Gasteiger partial charge in [-0.3, -0.25) is 0 Å². The molecule has 0 bridgehead atoms. The molecular formula is C86H63BN2S4Si. The quantitative estimate of drug-likeness (QED) is 0.116. The maximum absolute atomic E-state index is 2.97. The fraction of sp³-hybridized carbons (Fsp3) is 0.0930. The fourth-order valence-corrected chi connectivity index (χ4v) is 26.4. The van der Waals surface area contributed by atoms with Gasteiger partial charge in [0, 0.05) is 92.8 Å². The fourth-order valence-electron chi connectivity index (χ4n) is 16.0. The molecule has 6 heterocycles. The van der Waals surface area contributed by atoms with Gasteiger partial charge in [-0.1, -0.05) is 252 Å². The Labute approximate surface area is 565 Å². The molecule has 0 saturated heterocycles. The predicted octanol–water partition coefficient (Wildman–Crippen LogP) is 19.7. The first-order valence-corrected chi connectivity index (χ1v) is 38.0. The highest BCUT2D eigenvalue weighted by molar-refractivity contribution is 8.01. The van der Waals surface area contributed by atoms with Crippen LogP contribution in [0.3, 0.4) is 0 Å². The molecule has 2 aliphatic rings. The first-order valence-electron chi connectivity index (χ1n) is 32.7. The summed E-state index contributed by atoms with van der Waals surface area (Å²) in [5.74, 6) is 0. The maximum Gasteiger partial charge on any atom is 0.247 e. The molecule has 0 N–H and O–H groups in total. The summed E-state index contributed by atoms with van der Waals surface area (Å²) in [6.45, 7) is 14.0. The maximum atomic E-state index is 2.62. The smallest absolute Gasteiger partial charge is 0.247 e. The summed E-state index contributed by atoms with van der Waals surface area (Å²) >= 11 is 7.84. The van der Waals surface area contributed by atoms with Crippen molar-refractivity contribution in [3.8, 4) is 22.5 Å². The van der Waals surface area contributed by atoms with Crippen molar-refractivity contribution in [2.45, 2.75) is 72.0 Å². The minimum Gasteiger partial charge on any atom is -0.309 e. The summed E-state index contributed by atoms with van der Waals surface area (Å²) in [5, 5.41) is 16.2. The van der Waals surface area contributed by atoms with Gasteiger partial charge in [-0.05, 0) is 156 Å². The predicted molar refractivity (Wildman–Crippen MR) is 413 cm³/mol. The zero-order valence-electron chi connectivity index (χ0n) is 53.1. The Bertz CT molecular complexity index is 5800. The van der Waals surface area contributed by atoms with Crippen LogP contribution < -0.4 is 37.1 Å². The second-order valence-electron chi connectivity index (χ2n) is 27.9. The highest BCUT2D eigenvalue weighted by atomic mass is 32.2. The molecule has 448 valence electrons. The molecule has 0 radical (unpaired) electrons. The Hall–Kier alpha value is -9.12. The third-order valence-corrected chi connectivity index (χ3v) is 30.0. The largest absolute Gasteiger partial charge is 0.309 e. The normalized spacial score (nSPS) is 13.3. The van der Waals surface area contributed by atoms with Crippen LogP contribution in [0.25, 0.3) is 106 Å². The van der Waals surface area contributed by atoms with E-state index in [4.69, 9.17) is 0 Å². The Morgan fingerprint density at radius 2 is 0.798 bits per heavy atom. The van der Waals surface area contributed by atoms with E-state index in [0.29, 0.717) is 0 Å². The number of rotatable bonds is 7. The van der Waals surface area contributed by atoms with Gasteiger partial charge in [-0.15, -0.1) is 22.7 Å². The number of para-hydroxylation sites is 2. The number of nitrogens with zero attached hydrogens (tertiary/aromatic N) is 2. The lowest BCUT2D eigenvalue weighted by molar-refractivity contribution is 0.590. The van der Waals surface area contributed by atoms with E-state index >= 15 is 0 Å². The van der Waals surface area contributed by atoms with E-state index in [1.165, 1.54) is 174 Å². The highest BCUT2D eigenvalue weighted by Crippen LogP contribution is 2.48. The van der Waals surface area contributed by atoms with E-state index in [0.717, 1.165) is 0 Å². The van der Waals surface area contributed by atoms with Gasteiger partial charge >= 0.3 is 0 Å².